The number of benzene rings is 1. The molecule has 140 valence electrons. The molecule has 7 heteroatoms. The number of para-hydroxylation sites is 1. The van der Waals surface area contributed by atoms with E-state index >= 15 is 0 Å². The molecule has 2 aliphatic heterocycles. The van der Waals surface area contributed by atoms with Crippen LogP contribution < -0.4 is 5.56 Å². The molecule has 0 saturated heterocycles. The van der Waals surface area contributed by atoms with Gasteiger partial charge < -0.3 is 19.8 Å². The Labute approximate surface area is 159 Å². The summed E-state index contributed by atoms with van der Waals surface area (Å²) in [6, 6.07) is 9.21. The molecule has 0 aliphatic carbocycles. The van der Waals surface area contributed by atoms with Crippen molar-refractivity contribution in [2.45, 2.75) is 32.1 Å². The molecule has 1 atom stereocenters. The number of ether oxygens (including phenoxy) is 1. The second-order valence-corrected chi connectivity index (χ2v) is 7.12. The van der Waals surface area contributed by atoms with Crippen LogP contribution in [0.1, 0.15) is 35.6 Å². The standard InChI is InChI=1S/C21H17N3O4/c1-2-21(27)15-7-17-18-13(9-24(17)19(25)14(15)10-28-20(21)26)12(8-22)11-5-3-4-6-16(11)23-18/h3-8,22,27H,2,9-10H2,1H3/t21-/m0/s1. The number of esters is 1. The molecule has 0 saturated carbocycles. The first-order chi connectivity index (χ1) is 13.5. The maximum absolute atomic E-state index is 13.2. The molecule has 28 heavy (non-hydrogen) atoms. The highest BCUT2D eigenvalue weighted by Gasteiger charge is 2.45. The van der Waals surface area contributed by atoms with Crippen LogP contribution >= 0.6 is 0 Å². The Bertz CT molecular complexity index is 1260. The maximum atomic E-state index is 13.2. The number of nitrogens with zero attached hydrogens (tertiary/aromatic N) is 2. The second-order valence-electron chi connectivity index (χ2n) is 7.12. The van der Waals surface area contributed by atoms with Gasteiger partial charge in [0.1, 0.15) is 6.61 Å². The number of aromatic nitrogens is 2. The van der Waals surface area contributed by atoms with Crippen LogP contribution in [0.15, 0.2) is 35.1 Å². The minimum absolute atomic E-state index is 0.103. The summed E-state index contributed by atoms with van der Waals surface area (Å²) in [6.45, 7) is 1.81. The molecule has 7 nitrogen and oxygen atoms in total. The SMILES string of the molecule is CC[C@@]1(O)C(=O)OCc2c1cc1n(c2=O)Cc2c-1nc1ccccc1c2C=N. The third-order valence-corrected chi connectivity index (χ3v) is 5.78. The topological polar surface area (TPSA) is 105 Å². The molecule has 2 aliphatic rings. The van der Waals surface area contributed by atoms with Gasteiger partial charge in [0.15, 0.2) is 5.60 Å². The number of hydrogen-bond donors (Lipinski definition) is 2. The molecule has 4 heterocycles. The zero-order chi connectivity index (χ0) is 19.6. The number of nitrogens with one attached hydrogen (secondary N) is 1. The first kappa shape index (κ1) is 16.8. The molecule has 0 amide bonds. The van der Waals surface area contributed by atoms with Gasteiger partial charge >= 0.3 is 5.97 Å². The number of aliphatic hydroxyl groups is 1. The first-order valence-corrected chi connectivity index (χ1v) is 9.09. The molecular weight excluding hydrogens is 358 g/mol. The molecule has 0 unspecified atom stereocenters. The quantitative estimate of drug-likeness (QED) is 0.412. The molecule has 5 rings (SSSR count). The molecule has 0 fully saturated rings. The summed E-state index contributed by atoms with van der Waals surface area (Å²) < 4.78 is 6.66. The minimum Gasteiger partial charge on any atom is -0.458 e. The fourth-order valence-electron chi connectivity index (χ4n) is 4.22. The predicted molar refractivity (Wildman–Crippen MR) is 102 cm³/mol. The van der Waals surface area contributed by atoms with Gasteiger partial charge in [-0.2, -0.15) is 0 Å². The molecular formula is C21H17N3O4. The van der Waals surface area contributed by atoms with Gasteiger partial charge in [0, 0.05) is 28.3 Å². The molecule has 0 spiro atoms. The van der Waals surface area contributed by atoms with E-state index in [1.807, 2.05) is 24.3 Å². The van der Waals surface area contributed by atoms with Gasteiger partial charge in [-0.05, 0) is 18.6 Å². The van der Waals surface area contributed by atoms with E-state index < -0.39 is 11.6 Å². The van der Waals surface area contributed by atoms with Gasteiger partial charge in [0.05, 0.1) is 29.0 Å². The van der Waals surface area contributed by atoms with Crippen LogP contribution in [0.2, 0.25) is 0 Å². The normalized spacial score (nSPS) is 19.7. The van der Waals surface area contributed by atoms with Gasteiger partial charge in [0.25, 0.3) is 5.56 Å². The van der Waals surface area contributed by atoms with Crippen molar-refractivity contribution >= 4 is 23.1 Å². The van der Waals surface area contributed by atoms with Crippen LogP contribution in [0, 0.1) is 5.41 Å². The molecule has 2 aromatic heterocycles. The van der Waals surface area contributed by atoms with E-state index in [9.17, 15) is 14.7 Å². The highest BCUT2D eigenvalue weighted by Crippen LogP contribution is 2.39. The Balaban J connectivity index is 1.86. The summed E-state index contributed by atoms with van der Waals surface area (Å²) in [5.41, 5.74) is 1.84. The van der Waals surface area contributed by atoms with E-state index in [4.69, 9.17) is 15.1 Å². The van der Waals surface area contributed by atoms with Gasteiger partial charge in [-0.3, -0.25) is 4.79 Å². The van der Waals surface area contributed by atoms with E-state index in [1.165, 1.54) is 6.21 Å². The van der Waals surface area contributed by atoms with Gasteiger partial charge in [0.2, 0.25) is 0 Å². The van der Waals surface area contributed by atoms with Gasteiger partial charge in [-0.1, -0.05) is 25.1 Å². The first-order valence-electron chi connectivity index (χ1n) is 9.09. The number of carbonyl (C=O) groups excluding carboxylic acids is 1. The van der Waals surface area contributed by atoms with E-state index in [-0.39, 0.29) is 25.1 Å². The Kier molecular flexibility index (Phi) is 3.36. The second kappa shape index (κ2) is 5.59. The van der Waals surface area contributed by atoms with Crippen LogP contribution in [0.3, 0.4) is 0 Å². The Morgan fingerprint density at radius 3 is 2.86 bits per heavy atom. The molecule has 3 aromatic rings. The third-order valence-electron chi connectivity index (χ3n) is 5.78. The highest BCUT2D eigenvalue weighted by atomic mass is 16.6. The number of rotatable bonds is 2. The van der Waals surface area contributed by atoms with Crippen LogP contribution in [-0.2, 0) is 28.3 Å². The molecule has 1 aromatic carbocycles. The molecule has 0 radical (unpaired) electrons. The van der Waals surface area contributed by atoms with Crippen LogP contribution in [0.5, 0.6) is 0 Å². The number of pyridine rings is 2. The van der Waals surface area contributed by atoms with Crippen LogP contribution in [0.4, 0.5) is 0 Å². The van der Waals surface area contributed by atoms with Crippen molar-refractivity contribution < 1.29 is 14.6 Å². The monoisotopic (exact) mass is 375 g/mol. The lowest BCUT2D eigenvalue weighted by Gasteiger charge is -2.31. The van der Waals surface area contributed by atoms with Crippen molar-refractivity contribution in [3.63, 3.8) is 0 Å². The number of cyclic esters (lactones) is 1. The van der Waals surface area contributed by atoms with E-state index in [1.54, 1.807) is 17.6 Å². The zero-order valence-corrected chi connectivity index (χ0v) is 15.2. The summed E-state index contributed by atoms with van der Waals surface area (Å²) in [6.07, 6.45) is 1.39. The van der Waals surface area contributed by atoms with Crippen molar-refractivity contribution in [2.24, 2.45) is 0 Å². The Morgan fingerprint density at radius 1 is 1.32 bits per heavy atom. The predicted octanol–water partition coefficient (Wildman–Crippen LogP) is 2.08. The smallest absolute Gasteiger partial charge is 0.343 e. The van der Waals surface area contributed by atoms with E-state index in [2.05, 4.69) is 0 Å². The maximum Gasteiger partial charge on any atom is 0.343 e. The van der Waals surface area contributed by atoms with Crippen molar-refractivity contribution in [3.05, 3.63) is 62.9 Å². The number of carbonyl (C=O) groups is 1. The Hall–Kier alpha value is -3.32. The number of fused-ring (bicyclic) bond motifs is 5. The van der Waals surface area contributed by atoms with E-state index in [0.717, 1.165) is 22.0 Å². The minimum atomic E-state index is -1.84. The van der Waals surface area contributed by atoms with Crippen molar-refractivity contribution in [3.8, 4) is 11.4 Å². The lowest BCUT2D eigenvalue weighted by Crippen LogP contribution is -2.44. The fraction of sp³-hybridized carbons (Fsp3) is 0.238. The average Bonchev–Trinajstić information content (AvgIpc) is 3.08. The number of hydrogen-bond acceptors (Lipinski definition) is 6. The van der Waals surface area contributed by atoms with Gasteiger partial charge in [-0.15, -0.1) is 0 Å². The Morgan fingerprint density at radius 2 is 2.11 bits per heavy atom. The highest BCUT2D eigenvalue weighted by molar-refractivity contribution is 6.01. The summed E-state index contributed by atoms with van der Waals surface area (Å²) in [4.78, 5) is 30.1. The zero-order valence-electron chi connectivity index (χ0n) is 15.2. The summed E-state index contributed by atoms with van der Waals surface area (Å²) in [7, 11) is 0. The molecule has 0 bridgehead atoms. The van der Waals surface area contributed by atoms with Gasteiger partial charge in [-0.25, -0.2) is 9.78 Å². The summed E-state index contributed by atoms with van der Waals surface area (Å²) in [5, 5.41) is 19.6. The largest absolute Gasteiger partial charge is 0.458 e. The van der Waals surface area contributed by atoms with Crippen LogP contribution in [0.25, 0.3) is 22.3 Å². The lowest BCUT2D eigenvalue weighted by atomic mass is 9.86. The molecule has 2 N–H and O–H groups in total. The summed E-state index contributed by atoms with van der Waals surface area (Å²) >= 11 is 0. The van der Waals surface area contributed by atoms with Crippen LogP contribution in [-0.4, -0.2) is 26.8 Å². The van der Waals surface area contributed by atoms with E-state index in [0.29, 0.717) is 22.5 Å². The third kappa shape index (κ3) is 1.96. The summed E-state index contributed by atoms with van der Waals surface area (Å²) in [5.74, 6) is -0.739. The fourth-order valence-corrected chi connectivity index (χ4v) is 4.22. The van der Waals surface area contributed by atoms with Crippen molar-refractivity contribution in [2.75, 3.05) is 0 Å². The van der Waals surface area contributed by atoms with Crippen molar-refractivity contribution in [1.29, 1.82) is 5.41 Å². The van der Waals surface area contributed by atoms with Crippen molar-refractivity contribution in [1.82, 2.24) is 9.55 Å². The average molecular weight is 375 g/mol. The lowest BCUT2D eigenvalue weighted by molar-refractivity contribution is -0.172.